The van der Waals surface area contributed by atoms with Crippen LogP contribution in [0, 0.1) is 6.92 Å². The van der Waals surface area contributed by atoms with Crippen molar-refractivity contribution in [2.24, 2.45) is 0 Å². The van der Waals surface area contributed by atoms with E-state index in [-0.39, 0.29) is 11.2 Å². The molecule has 0 aliphatic rings. The fourth-order valence-electron chi connectivity index (χ4n) is 2.08. The molecule has 1 N–H and O–H groups in total. The molecular formula is C18H22O2. The Morgan fingerprint density at radius 3 is 2.20 bits per heavy atom. The highest BCUT2D eigenvalue weighted by molar-refractivity contribution is 5.37. The lowest BCUT2D eigenvalue weighted by molar-refractivity contribution is 0.304. The molecule has 0 atom stereocenters. The van der Waals surface area contributed by atoms with Gasteiger partial charge in [-0.3, -0.25) is 0 Å². The lowest BCUT2D eigenvalue weighted by atomic mass is 9.87. The van der Waals surface area contributed by atoms with Gasteiger partial charge in [-0.05, 0) is 41.2 Å². The molecule has 0 saturated heterocycles. The lowest BCUT2D eigenvalue weighted by Gasteiger charge is -2.19. The number of hydrogen-bond acceptors (Lipinski definition) is 2. The van der Waals surface area contributed by atoms with Crippen molar-refractivity contribution in [2.75, 3.05) is 0 Å². The van der Waals surface area contributed by atoms with Crippen LogP contribution in [-0.2, 0) is 12.0 Å². The molecule has 0 unspecified atom stereocenters. The summed E-state index contributed by atoms with van der Waals surface area (Å²) >= 11 is 0. The minimum absolute atomic E-state index is 0.168. The highest BCUT2D eigenvalue weighted by Gasteiger charge is 2.12. The first-order valence-corrected chi connectivity index (χ1v) is 6.87. The van der Waals surface area contributed by atoms with E-state index in [0.717, 1.165) is 11.1 Å². The molecule has 2 nitrogen and oxygen atoms in total. The quantitative estimate of drug-likeness (QED) is 0.884. The van der Waals surface area contributed by atoms with E-state index in [2.05, 4.69) is 45.0 Å². The number of phenolic OH excluding ortho intramolecular Hbond substituents is 1. The molecule has 20 heavy (non-hydrogen) atoms. The van der Waals surface area contributed by atoms with E-state index in [1.54, 1.807) is 12.1 Å². The zero-order valence-electron chi connectivity index (χ0n) is 12.6. The molecule has 0 fully saturated rings. The maximum absolute atomic E-state index is 9.54. The monoisotopic (exact) mass is 270 g/mol. The first kappa shape index (κ1) is 14.4. The van der Waals surface area contributed by atoms with Crippen molar-refractivity contribution in [3.05, 3.63) is 59.2 Å². The number of rotatable bonds is 3. The van der Waals surface area contributed by atoms with Crippen molar-refractivity contribution < 1.29 is 9.84 Å². The summed E-state index contributed by atoms with van der Waals surface area (Å²) in [6.45, 7) is 9.05. The number of ether oxygens (including phenoxy) is 1. The molecular weight excluding hydrogens is 248 g/mol. The summed E-state index contributed by atoms with van der Waals surface area (Å²) in [6, 6.07) is 13.7. The zero-order valence-corrected chi connectivity index (χ0v) is 12.6. The Labute approximate surface area is 121 Å². The highest BCUT2D eigenvalue weighted by Crippen LogP contribution is 2.24. The summed E-state index contributed by atoms with van der Waals surface area (Å²) in [4.78, 5) is 0. The van der Waals surface area contributed by atoms with Crippen molar-refractivity contribution in [1.29, 1.82) is 0 Å². The van der Waals surface area contributed by atoms with Crippen LogP contribution < -0.4 is 4.74 Å². The number of aromatic hydroxyl groups is 1. The number of aryl methyl sites for hydroxylation is 1. The number of phenols is 1. The molecule has 0 heterocycles. The average molecular weight is 270 g/mol. The van der Waals surface area contributed by atoms with E-state index in [9.17, 15) is 5.11 Å². The Kier molecular flexibility index (Phi) is 4.03. The largest absolute Gasteiger partial charge is 0.508 e. The Balaban J connectivity index is 2.04. The highest BCUT2D eigenvalue weighted by atomic mass is 16.5. The van der Waals surface area contributed by atoms with E-state index in [1.807, 2.05) is 13.0 Å². The molecule has 0 spiro atoms. The molecule has 0 radical (unpaired) electrons. The van der Waals surface area contributed by atoms with Gasteiger partial charge in [-0.15, -0.1) is 0 Å². The second-order valence-electron chi connectivity index (χ2n) is 6.24. The maximum Gasteiger partial charge on any atom is 0.123 e. The predicted octanol–water partition coefficient (Wildman–Crippen LogP) is 4.58. The van der Waals surface area contributed by atoms with Gasteiger partial charge in [-0.25, -0.2) is 0 Å². The number of hydrogen-bond donors (Lipinski definition) is 1. The summed E-state index contributed by atoms with van der Waals surface area (Å²) in [5, 5.41) is 9.54. The molecule has 0 aromatic heterocycles. The summed E-state index contributed by atoms with van der Waals surface area (Å²) in [7, 11) is 0. The van der Waals surface area contributed by atoms with Crippen LogP contribution in [-0.4, -0.2) is 5.11 Å². The first-order chi connectivity index (χ1) is 9.34. The minimum Gasteiger partial charge on any atom is -0.508 e. The Morgan fingerprint density at radius 1 is 1.00 bits per heavy atom. The van der Waals surface area contributed by atoms with E-state index in [1.165, 1.54) is 5.56 Å². The van der Waals surface area contributed by atoms with Crippen LogP contribution in [0.15, 0.2) is 42.5 Å². The van der Waals surface area contributed by atoms with E-state index in [4.69, 9.17) is 4.74 Å². The smallest absolute Gasteiger partial charge is 0.123 e. The van der Waals surface area contributed by atoms with Gasteiger partial charge in [-0.2, -0.15) is 0 Å². The van der Waals surface area contributed by atoms with E-state index >= 15 is 0 Å². The first-order valence-electron chi connectivity index (χ1n) is 6.87. The van der Waals surface area contributed by atoms with Gasteiger partial charge in [0.15, 0.2) is 0 Å². The number of benzene rings is 2. The molecule has 0 aliphatic carbocycles. The molecule has 0 aliphatic heterocycles. The molecule has 0 bridgehead atoms. The van der Waals surface area contributed by atoms with Crippen molar-refractivity contribution in [1.82, 2.24) is 0 Å². The van der Waals surface area contributed by atoms with Crippen molar-refractivity contribution in [2.45, 2.75) is 39.7 Å². The Morgan fingerprint density at radius 2 is 1.65 bits per heavy atom. The molecule has 2 aromatic rings. The fourth-order valence-corrected chi connectivity index (χ4v) is 2.08. The maximum atomic E-state index is 9.54. The van der Waals surface area contributed by atoms with Crippen LogP contribution in [0.4, 0.5) is 0 Å². The minimum atomic E-state index is 0.168. The van der Waals surface area contributed by atoms with Crippen molar-refractivity contribution >= 4 is 0 Å². The van der Waals surface area contributed by atoms with Gasteiger partial charge in [0.2, 0.25) is 0 Å². The molecule has 106 valence electrons. The van der Waals surface area contributed by atoms with Gasteiger partial charge >= 0.3 is 0 Å². The van der Waals surface area contributed by atoms with Crippen molar-refractivity contribution in [3.63, 3.8) is 0 Å². The van der Waals surface area contributed by atoms with Gasteiger partial charge < -0.3 is 9.84 Å². The van der Waals surface area contributed by atoms with Crippen LogP contribution in [0.25, 0.3) is 0 Å². The molecule has 2 rings (SSSR count). The van der Waals surface area contributed by atoms with Gasteiger partial charge in [-0.1, -0.05) is 45.0 Å². The van der Waals surface area contributed by atoms with Crippen LogP contribution in [0.3, 0.4) is 0 Å². The van der Waals surface area contributed by atoms with Gasteiger partial charge in [0.1, 0.15) is 18.1 Å². The Bertz CT molecular complexity index is 557. The second-order valence-corrected chi connectivity index (χ2v) is 6.24. The van der Waals surface area contributed by atoms with Gasteiger partial charge in [0.25, 0.3) is 0 Å². The van der Waals surface area contributed by atoms with Gasteiger partial charge in [0, 0.05) is 6.07 Å². The standard InChI is InChI=1S/C18H22O2/c1-13-9-16(19)11-17(10-13)20-12-14-5-7-15(8-6-14)18(2,3)4/h5-11,19H,12H2,1-4H3. The molecule has 0 amide bonds. The van der Waals surface area contributed by atoms with Crippen molar-refractivity contribution in [3.8, 4) is 11.5 Å². The summed E-state index contributed by atoms with van der Waals surface area (Å²) in [6.07, 6.45) is 0. The van der Waals surface area contributed by atoms with Crippen LogP contribution in [0.5, 0.6) is 11.5 Å². The van der Waals surface area contributed by atoms with E-state index < -0.39 is 0 Å². The predicted molar refractivity (Wildman–Crippen MR) is 82.3 cm³/mol. The summed E-state index contributed by atoms with van der Waals surface area (Å²) in [5.74, 6) is 0.936. The third-order valence-electron chi connectivity index (χ3n) is 3.26. The lowest BCUT2D eigenvalue weighted by Crippen LogP contribution is -2.10. The van der Waals surface area contributed by atoms with Crippen LogP contribution >= 0.6 is 0 Å². The summed E-state index contributed by atoms with van der Waals surface area (Å²) in [5.41, 5.74) is 3.60. The van der Waals surface area contributed by atoms with Gasteiger partial charge in [0.05, 0.1) is 0 Å². The fraction of sp³-hybridized carbons (Fsp3) is 0.333. The zero-order chi connectivity index (χ0) is 14.8. The van der Waals surface area contributed by atoms with Crippen LogP contribution in [0.2, 0.25) is 0 Å². The third kappa shape index (κ3) is 3.77. The SMILES string of the molecule is Cc1cc(O)cc(OCc2ccc(C(C)(C)C)cc2)c1. The Hall–Kier alpha value is -1.96. The normalized spacial score (nSPS) is 11.4. The average Bonchev–Trinajstić information content (AvgIpc) is 2.35. The topological polar surface area (TPSA) is 29.5 Å². The molecule has 2 aromatic carbocycles. The van der Waals surface area contributed by atoms with Crippen LogP contribution in [0.1, 0.15) is 37.5 Å². The summed E-state index contributed by atoms with van der Waals surface area (Å²) < 4.78 is 5.72. The van der Waals surface area contributed by atoms with E-state index in [0.29, 0.717) is 12.4 Å². The molecule has 0 saturated carbocycles. The third-order valence-corrected chi connectivity index (χ3v) is 3.26. The molecule has 2 heteroatoms. The second kappa shape index (κ2) is 5.58.